The Hall–Kier alpha value is -1.91. The average Bonchev–Trinajstić information content (AvgIpc) is 2.28. The molecule has 0 radical (unpaired) electrons. The normalized spacial score (nSPS) is 16.8. The number of hydrogen-bond donors (Lipinski definition) is 1. The predicted molar refractivity (Wildman–Crippen MR) is 61.2 cm³/mol. The van der Waals surface area contributed by atoms with Crippen molar-refractivity contribution in [3.8, 4) is 0 Å². The molecular weight excluding hydrogens is 220 g/mol. The highest BCUT2D eigenvalue weighted by Gasteiger charge is 2.51. The van der Waals surface area contributed by atoms with Gasteiger partial charge < -0.3 is 10.1 Å². The van der Waals surface area contributed by atoms with Crippen LogP contribution in [-0.2, 0) is 14.3 Å². The zero-order valence-corrected chi connectivity index (χ0v) is 9.60. The van der Waals surface area contributed by atoms with Crippen molar-refractivity contribution in [3.05, 3.63) is 24.5 Å². The second kappa shape index (κ2) is 4.53. The number of esters is 1. The van der Waals surface area contributed by atoms with Crippen LogP contribution in [0.1, 0.15) is 19.3 Å². The summed E-state index contributed by atoms with van der Waals surface area (Å²) >= 11 is 0. The summed E-state index contributed by atoms with van der Waals surface area (Å²) in [6.45, 7) is 0. The molecule has 1 heterocycles. The van der Waals surface area contributed by atoms with Gasteiger partial charge in [0.05, 0.1) is 19.0 Å². The van der Waals surface area contributed by atoms with Crippen molar-refractivity contribution in [1.29, 1.82) is 0 Å². The van der Waals surface area contributed by atoms with Crippen molar-refractivity contribution in [3.63, 3.8) is 0 Å². The molecule has 0 bridgehead atoms. The van der Waals surface area contributed by atoms with Crippen molar-refractivity contribution in [2.75, 3.05) is 12.4 Å². The molecule has 5 heteroatoms. The summed E-state index contributed by atoms with van der Waals surface area (Å²) in [5.41, 5.74) is -0.405. The molecule has 1 saturated carbocycles. The lowest BCUT2D eigenvalue weighted by Crippen LogP contribution is -2.48. The smallest absolute Gasteiger partial charge is 0.321 e. The van der Waals surface area contributed by atoms with E-state index >= 15 is 0 Å². The molecule has 1 N–H and O–H groups in total. The number of ether oxygens (including phenoxy) is 1. The Kier molecular flexibility index (Phi) is 3.08. The number of amides is 1. The average molecular weight is 234 g/mol. The van der Waals surface area contributed by atoms with Crippen molar-refractivity contribution in [2.24, 2.45) is 5.41 Å². The fourth-order valence-electron chi connectivity index (χ4n) is 1.94. The third kappa shape index (κ3) is 2.00. The zero-order chi connectivity index (χ0) is 12.3. The Labute approximate surface area is 99.2 Å². The second-order valence-electron chi connectivity index (χ2n) is 4.12. The topological polar surface area (TPSA) is 68.3 Å². The molecule has 0 atom stereocenters. The number of pyridine rings is 1. The highest BCUT2D eigenvalue weighted by Crippen LogP contribution is 2.42. The summed E-state index contributed by atoms with van der Waals surface area (Å²) in [4.78, 5) is 27.6. The number of aromatic nitrogens is 1. The third-order valence-corrected chi connectivity index (χ3v) is 3.14. The molecule has 0 spiro atoms. The van der Waals surface area contributed by atoms with Gasteiger partial charge in [0.1, 0.15) is 5.41 Å². The van der Waals surface area contributed by atoms with Crippen LogP contribution in [0.3, 0.4) is 0 Å². The molecule has 1 aromatic rings. The molecule has 1 amide bonds. The second-order valence-corrected chi connectivity index (χ2v) is 4.12. The zero-order valence-electron chi connectivity index (χ0n) is 9.60. The Morgan fingerprint density at radius 1 is 1.47 bits per heavy atom. The molecule has 5 nitrogen and oxygen atoms in total. The minimum atomic E-state index is -0.995. The van der Waals surface area contributed by atoms with Crippen molar-refractivity contribution < 1.29 is 14.3 Å². The summed E-state index contributed by atoms with van der Waals surface area (Å²) < 4.78 is 4.70. The summed E-state index contributed by atoms with van der Waals surface area (Å²) in [7, 11) is 1.31. The highest BCUT2D eigenvalue weighted by molar-refractivity contribution is 6.09. The van der Waals surface area contributed by atoms with Gasteiger partial charge in [-0.1, -0.05) is 6.42 Å². The van der Waals surface area contributed by atoms with Crippen molar-refractivity contribution in [1.82, 2.24) is 4.98 Å². The molecule has 90 valence electrons. The highest BCUT2D eigenvalue weighted by atomic mass is 16.5. The van der Waals surface area contributed by atoms with Crippen molar-refractivity contribution >= 4 is 17.6 Å². The van der Waals surface area contributed by atoms with Crippen LogP contribution in [0, 0.1) is 5.41 Å². The number of rotatable bonds is 3. The van der Waals surface area contributed by atoms with E-state index in [0.29, 0.717) is 18.5 Å². The largest absolute Gasteiger partial charge is 0.468 e. The first-order valence-electron chi connectivity index (χ1n) is 5.49. The standard InChI is InChI=1S/C12H14N2O3/c1-17-11(16)12(5-3-6-12)10(15)14-9-4-2-7-13-8-9/h2,4,7-8H,3,5-6H2,1H3,(H,14,15). The van der Waals surface area contributed by atoms with E-state index in [9.17, 15) is 9.59 Å². The van der Waals surface area contributed by atoms with Gasteiger partial charge in [0.2, 0.25) is 5.91 Å². The molecule has 1 aromatic heterocycles. The number of hydrogen-bond acceptors (Lipinski definition) is 4. The van der Waals surface area contributed by atoms with Gasteiger partial charge in [-0.05, 0) is 25.0 Å². The molecule has 0 aromatic carbocycles. The molecule has 0 unspecified atom stereocenters. The lowest BCUT2D eigenvalue weighted by Gasteiger charge is -2.36. The number of carbonyl (C=O) groups is 2. The molecule has 17 heavy (non-hydrogen) atoms. The Morgan fingerprint density at radius 2 is 2.24 bits per heavy atom. The summed E-state index contributed by atoms with van der Waals surface area (Å²) in [6, 6.07) is 3.45. The first-order valence-corrected chi connectivity index (χ1v) is 5.49. The van der Waals surface area contributed by atoms with Crippen LogP contribution < -0.4 is 5.32 Å². The lowest BCUT2D eigenvalue weighted by atomic mass is 9.68. The summed E-state index contributed by atoms with van der Waals surface area (Å²) in [5.74, 6) is -0.756. The van der Waals surface area contributed by atoms with Gasteiger partial charge in [-0.2, -0.15) is 0 Å². The summed E-state index contributed by atoms with van der Waals surface area (Å²) in [5, 5.41) is 2.70. The molecule has 1 aliphatic rings. The lowest BCUT2D eigenvalue weighted by molar-refractivity contribution is -0.163. The maximum absolute atomic E-state index is 12.1. The molecular formula is C12H14N2O3. The van der Waals surface area contributed by atoms with E-state index in [4.69, 9.17) is 4.74 Å². The number of methoxy groups -OCH3 is 1. The van der Waals surface area contributed by atoms with E-state index in [1.165, 1.54) is 7.11 Å². The van der Waals surface area contributed by atoms with Gasteiger partial charge >= 0.3 is 5.97 Å². The maximum atomic E-state index is 12.1. The van der Waals surface area contributed by atoms with E-state index < -0.39 is 11.4 Å². The van der Waals surface area contributed by atoms with E-state index in [2.05, 4.69) is 10.3 Å². The number of anilines is 1. The Morgan fingerprint density at radius 3 is 2.71 bits per heavy atom. The van der Waals surface area contributed by atoms with Crippen LogP contribution in [0.5, 0.6) is 0 Å². The first-order chi connectivity index (χ1) is 8.19. The number of nitrogens with one attached hydrogen (secondary N) is 1. The Balaban J connectivity index is 2.11. The molecule has 1 aliphatic carbocycles. The van der Waals surface area contributed by atoms with E-state index in [-0.39, 0.29) is 5.91 Å². The fraction of sp³-hybridized carbons (Fsp3) is 0.417. The van der Waals surface area contributed by atoms with E-state index in [1.807, 2.05) is 0 Å². The first kappa shape index (κ1) is 11.6. The SMILES string of the molecule is COC(=O)C1(C(=O)Nc2cccnc2)CCC1. The van der Waals surface area contributed by atoms with Crippen LogP contribution in [0.4, 0.5) is 5.69 Å². The van der Waals surface area contributed by atoms with E-state index in [1.54, 1.807) is 24.5 Å². The summed E-state index contributed by atoms with van der Waals surface area (Å²) in [6.07, 6.45) is 5.13. The van der Waals surface area contributed by atoms with E-state index in [0.717, 1.165) is 6.42 Å². The quantitative estimate of drug-likeness (QED) is 0.633. The van der Waals surface area contributed by atoms with Gasteiger partial charge in [-0.25, -0.2) is 0 Å². The minimum Gasteiger partial charge on any atom is -0.468 e. The third-order valence-electron chi connectivity index (χ3n) is 3.14. The van der Waals surface area contributed by atoms with Crippen LogP contribution in [-0.4, -0.2) is 24.0 Å². The van der Waals surface area contributed by atoms with Gasteiger partial charge in [-0.3, -0.25) is 14.6 Å². The maximum Gasteiger partial charge on any atom is 0.321 e. The van der Waals surface area contributed by atoms with Crippen LogP contribution >= 0.6 is 0 Å². The fourth-order valence-corrected chi connectivity index (χ4v) is 1.94. The van der Waals surface area contributed by atoms with Gasteiger partial charge in [-0.15, -0.1) is 0 Å². The van der Waals surface area contributed by atoms with Crippen LogP contribution in [0.15, 0.2) is 24.5 Å². The molecule has 0 aliphatic heterocycles. The van der Waals surface area contributed by atoms with Crippen LogP contribution in [0.2, 0.25) is 0 Å². The molecule has 2 rings (SSSR count). The van der Waals surface area contributed by atoms with Gasteiger partial charge in [0.25, 0.3) is 0 Å². The minimum absolute atomic E-state index is 0.302. The monoisotopic (exact) mass is 234 g/mol. The van der Waals surface area contributed by atoms with Gasteiger partial charge in [0.15, 0.2) is 0 Å². The molecule has 0 saturated heterocycles. The number of nitrogens with zero attached hydrogens (tertiary/aromatic N) is 1. The molecule has 1 fully saturated rings. The predicted octanol–water partition coefficient (Wildman–Crippen LogP) is 1.36. The van der Waals surface area contributed by atoms with Crippen LogP contribution in [0.25, 0.3) is 0 Å². The van der Waals surface area contributed by atoms with Crippen molar-refractivity contribution in [2.45, 2.75) is 19.3 Å². The Bertz CT molecular complexity index is 427. The number of carbonyl (C=O) groups excluding carboxylic acids is 2. The van der Waals surface area contributed by atoms with Gasteiger partial charge in [0, 0.05) is 6.20 Å².